The van der Waals surface area contributed by atoms with Crippen molar-refractivity contribution in [1.82, 2.24) is 4.98 Å². The highest BCUT2D eigenvalue weighted by Crippen LogP contribution is 2.18. The third kappa shape index (κ3) is 2.99. The van der Waals surface area contributed by atoms with E-state index in [9.17, 15) is 0 Å². The standard InChI is InChI=1S/C13H19N/c1-4-7-12(8-5-2)13-10-6-9-11(3)14-13/h6-7,9-10H,4-5,8H2,1-3H3/b12-7+. The van der Waals surface area contributed by atoms with Crippen LogP contribution in [0.25, 0.3) is 5.57 Å². The second-order valence-electron chi connectivity index (χ2n) is 3.55. The number of aryl methyl sites for hydroxylation is 1. The van der Waals surface area contributed by atoms with E-state index in [0.717, 1.165) is 24.2 Å². The molecule has 0 spiro atoms. The zero-order valence-corrected chi connectivity index (χ0v) is 9.38. The summed E-state index contributed by atoms with van der Waals surface area (Å²) in [5.74, 6) is 0. The maximum Gasteiger partial charge on any atom is 0.0661 e. The molecule has 0 fully saturated rings. The Kier molecular flexibility index (Phi) is 4.37. The van der Waals surface area contributed by atoms with Crippen molar-refractivity contribution in [2.24, 2.45) is 0 Å². The summed E-state index contributed by atoms with van der Waals surface area (Å²) in [5.41, 5.74) is 3.63. The van der Waals surface area contributed by atoms with E-state index in [-0.39, 0.29) is 0 Å². The van der Waals surface area contributed by atoms with Crippen molar-refractivity contribution in [3.8, 4) is 0 Å². The molecule has 1 heterocycles. The first-order valence-corrected chi connectivity index (χ1v) is 5.41. The average molecular weight is 189 g/mol. The molecular weight excluding hydrogens is 170 g/mol. The number of allylic oxidation sites excluding steroid dienone is 2. The predicted molar refractivity (Wildman–Crippen MR) is 62.2 cm³/mol. The van der Waals surface area contributed by atoms with Crippen molar-refractivity contribution < 1.29 is 0 Å². The molecule has 0 atom stereocenters. The molecular formula is C13H19N. The van der Waals surface area contributed by atoms with Gasteiger partial charge in [-0.1, -0.05) is 32.4 Å². The second kappa shape index (κ2) is 5.58. The number of hydrogen-bond donors (Lipinski definition) is 0. The molecule has 0 aliphatic rings. The number of hydrogen-bond acceptors (Lipinski definition) is 1. The highest BCUT2D eigenvalue weighted by atomic mass is 14.7. The molecule has 0 aromatic carbocycles. The molecule has 0 amide bonds. The van der Waals surface area contributed by atoms with E-state index in [2.05, 4.69) is 37.0 Å². The molecule has 1 rings (SSSR count). The maximum atomic E-state index is 4.54. The van der Waals surface area contributed by atoms with Gasteiger partial charge in [-0.3, -0.25) is 4.98 Å². The van der Waals surface area contributed by atoms with Crippen LogP contribution in [0.2, 0.25) is 0 Å². The van der Waals surface area contributed by atoms with Crippen LogP contribution in [0.1, 0.15) is 44.5 Å². The normalized spacial score (nSPS) is 11.8. The summed E-state index contributed by atoms with van der Waals surface area (Å²) in [6.07, 6.45) is 5.68. The van der Waals surface area contributed by atoms with Crippen molar-refractivity contribution in [2.75, 3.05) is 0 Å². The molecule has 0 unspecified atom stereocenters. The van der Waals surface area contributed by atoms with Gasteiger partial charge in [-0.15, -0.1) is 0 Å². The molecule has 0 saturated heterocycles. The first-order chi connectivity index (χ1) is 6.77. The van der Waals surface area contributed by atoms with E-state index in [0.29, 0.717) is 0 Å². The number of rotatable bonds is 4. The fourth-order valence-corrected chi connectivity index (χ4v) is 1.57. The smallest absolute Gasteiger partial charge is 0.0661 e. The minimum Gasteiger partial charge on any atom is -0.253 e. The summed E-state index contributed by atoms with van der Waals surface area (Å²) in [6.45, 7) is 6.42. The quantitative estimate of drug-likeness (QED) is 0.698. The highest BCUT2D eigenvalue weighted by molar-refractivity contribution is 5.62. The van der Waals surface area contributed by atoms with Crippen molar-refractivity contribution in [1.29, 1.82) is 0 Å². The molecule has 0 saturated carbocycles. The molecule has 76 valence electrons. The maximum absolute atomic E-state index is 4.54. The lowest BCUT2D eigenvalue weighted by molar-refractivity contribution is 0.956. The Morgan fingerprint density at radius 3 is 2.71 bits per heavy atom. The van der Waals surface area contributed by atoms with Crippen molar-refractivity contribution >= 4 is 5.57 Å². The van der Waals surface area contributed by atoms with Crippen LogP contribution in [0.3, 0.4) is 0 Å². The van der Waals surface area contributed by atoms with E-state index >= 15 is 0 Å². The van der Waals surface area contributed by atoms with Crippen LogP contribution in [0.5, 0.6) is 0 Å². The Hall–Kier alpha value is -1.11. The van der Waals surface area contributed by atoms with Crippen LogP contribution in [0.4, 0.5) is 0 Å². The summed E-state index contributed by atoms with van der Waals surface area (Å²) in [4.78, 5) is 4.54. The van der Waals surface area contributed by atoms with Gasteiger partial charge >= 0.3 is 0 Å². The van der Waals surface area contributed by atoms with Crippen molar-refractivity contribution in [3.05, 3.63) is 35.7 Å². The molecule has 0 bridgehead atoms. The van der Waals surface area contributed by atoms with Gasteiger partial charge in [0.2, 0.25) is 0 Å². The van der Waals surface area contributed by atoms with Gasteiger partial charge in [-0.25, -0.2) is 0 Å². The molecule has 1 aromatic heterocycles. The molecule has 1 heteroatoms. The molecule has 0 N–H and O–H groups in total. The predicted octanol–water partition coefficient (Wildman–Crippen LogP) is 3.98. The Labute approximate surface area is 86.9 Å². The largest absolute Gasteiger partial charge is 0.253 e. The molecule has 1 nitrogen and oxygen atoms in total. The zero-order chi connectivity index (χ0) is 10.4. The highest BCUT2D eigenvalue weighted by Gasteiger charge is 2.01. The molecule has 0 aliphatic carbocycles. The third-order valence-electron chi connectivity index (χ3n) is 2.19. The summed E-state index contributed by atoms with van der Waals surface area (Å²) < 4.78 is 0. The van der Waals surface area contributed by atoms with Gasteiger partial charge in [0, 0.05) is 5.69 Å². The van der Waals surface area contributed by atoms with Crippen LogP contribution in [-0.2, 0) is 0 Å². The lowest BCUT2D eigenvalue weighted by atomic mass is 10.1. The average Bonchev–Trinajstić information content (AvgIpc) is 2.17. The van der Waals surface area contributed by atoms with Crippen LogP contribution < -0.4 is 0 Å². The topological polar surface area (TPSA) is 12.9 Å². The summed E-state index contributed by atoms with van der Waals surface area (Å²) in [5, 5.41) is 0. The Bertz CT molecular complexity index is 313. The van der Waals surface area contributed by atoms with Gasteiger partial charge in [0.1, 0.15) is 0 Å². The lowest BCUT2D eigenvalue weighted by Gasteiger charge is -2.05. The van der Waals surface area contributed by atoms with E-state index in [1.165, 1.54) is 12.0 Å². The molecule has 0 radical (unpaired) electrons. The van der Waals surface area contributed by atoms with Crippen LogP contribution in [-0.4, -0.2) is 4.98 Å². The fourth-order valence-electron chi connectivity index (χ4n) is 1.57. The summed E-state index contributed by atoms with van der Waals surface area (Å²) in [7, 11) is 0. The Morgan fingerprint density at radius 2 is 2.14 bits per heavy atom. The van der Waals surface area contributed by atoms with E-state index < -0.39 is 0 Å². The minimum absolute atomic E-state index is 1.09. The first kappa shape index (κ1) is 11.0. The van der Waals surface area contributed by atoms with Crippen LogP contribution >= 0.6 is 0 Å². The first-order valence-electron chi connectivity index (χ1n) is 5.41. The van der Waals surface area contributed by atoms with Gasteiger partial charge in [-0.2, -0.15) is 0 Å². The molecule has 14 heavy (non-hydrogen) atoms. The molecule has 1 aromatic rings. The van der Waals surface area contributed by atoms with Crippen LogP contribution in [0.15, 0.2) is 24.3 Å². The second-order valence-corrected chi connectivity index (χ2v) is 3.55. The minimum atomic E-state index is 1.09. The number of aromatic nitrogens is 1. The Balaban J connectivity index is 2.93. The van der Waals surface area contributed by atoms with E-state index in [1.807, 2.05) is 13.0 Å². The summed E-state index contributed by atoms with van der Waals surface area (Å²) in [6, 6.07) is 6.22. The SMILES string of the molecule is CC/C=C(\CCC)c1cccc(C)n1. The number of pyridine rings is 1. The van der Waals surface area contributed by atoms with Crippen molar-refractivity contribution in [2.45, 2.75) is 40.0 Å². The van der Waals surface area contributed by atoms with Gasteiger partial charge in [0.05, 0.1) is 5.69 Å². The van der Waals surface area contributed by atoms with Crippen molar-refractivity contribution in [3.63, 3.8) is 0 Å². The van der Waals surface area contributed by atoms with Gasteiger partial charge < -0.3 is 0 Å². The molecule has 0 aliphatic heterocycles. The van der Waals surface area contributed by atoms with E-state index in [1.54, 1.807) is 0 Å². The van der Waals surface area contributed by atoms with Gasteiger partial charge in [-0.05, 0) is 37.5 Å². The van der Waals surface area contributed by atoms with Gasteiger partial charge in [0.25, 0.3) is 0 Å². The monoisotopic (exact) mass is 189 g/mol. The summed E-state index contributed by atoms with van der Waals surface area (Å²) >= 11 is 0. The third-order valence-corrected chi connectivity index (χ3v) is 2.19. The fraction of sp³-hybridized carbons (Fsp3) is 0.462. The lowest BCUT2D eigenvalue weighted by Crippen LogP contribution is -1.91. The van der Waals surface area contributed by atoms with E-state index in [4.69, 9.17) is 0 Å². The zero-order valence-electron chi connectivity index (χ0n) is 9.38. The van der Waals surface area contributed by atoms with Gasteiger partial charge in [0.15, 0.2) is 0 Å². The van der Waals surface area contributed by atoms with Crippen LogP contribution in [0, 0.1) is 6.92 Å². The Morgan fingerprint density at radius 1 is 1.36 bits per heavy atom. The number of nitrogens with zero attached hydrogens (tertiary/aromatic N) is 1.